The Morgan fingerprint density at radius 1 is 1.50 bits per heavy atom. The number of rotatable bonds is 4. The van der Waals surface area contributed by atoms with Gasteiger partial charge in [0.15, 0.2) is 0 Å². The van der Waals surface area contributed by atoms with Crippen LogP contribution in [0.25, 0.3) is 0 Å². The minimum absolute atomic E-state index is 0.385. The SMILES string of the molecule is CCCN1CCC(CN)C1c1ccc(Br)cc1Cl. The minimum Gasteiger partial charge on any atom is -0.330 e. The summed E-state index contributed by atoms with van der Waals surface area (Å²) < 4.78 is 1.03. The first kappa shape index (κ1) is 14.3. The maximum Gasteiger partial charge on any atom is 0.0465 e. The van der Waals surface area contributed by atoms with Gasteiger partial charge >= 0.3 is 0 Å². The highest BCUT2D eigenvalue weighted by Gasteiger charge is 2.34. The van der Waals surface area contributed by atoms with E-state index in [0.29, 0.717) is 12.0 Å². The third-order valence-corrected chi connectivity index (χ3v) is 4.54. The van der Waals surface area contributed by atoms with Crippen LogP contribution < -0.4 is 5.73 Å². The van der Waals surface area contributed by atoms with Gasteiger partial charge in [0.05, 0.1) is 0 Å². The van der Waals surface area contributed by atoms with Gasteiger partial charge in [-0.3, -0.25) is 4.90 Å². The summed E-state index contributed by atoms with van der Waals surface area (Å²) in [5.74, 6) is 0.523. The van der Waals surface area contributed by atoms with Gasteiger partial charge in [-0.1, -0.05) is 40.5 Å². The molecule has 2 atom stereocenters. The maximum atomic E-state index is 6.40. The molecule has 0 spiro atoms. The summed E-state index contributed by atoms with van der Waals surface area (Å²) in [5.41, 5.74) is 7.14. The Morgan fingerprint density at radius 2 is 2.28 bits per heavy atom. The van der Waals surface area contributed by atoms with Crippen molar-refractivity contribution in [2.75, 3.05) is 19.6 Å². The molecule has 0 radical (unpaired) electrons. The molecule has 0 saturated carbocycles. The molecule has 1 aliphatic heterocycles. The molecular weight excluding hydrogens is 312 g/mol. The molecule has 2 nitrogen and oxygen atoms in total. The number of nitrogens with two attached hydrogens (primary N) is 1. The molecule has 1 fully saturated rings. The molecule has 1 aromatic carbocycles. The van der Waals surface area contributed by atoms with Gasteiger partial charge in [-0.05, 0) is 56.1 Å². The van der Waals surface area contributed by atoms with Crippen molar-refractivity contribution >= 4 is 27.5 Å². The third kappa shape index (κ3) is 2.90. The van der Waals surface area contributed by atoms with E-state index in [1.807, 2.05) is 6.07 Å². The molecule has 1 aliphatic rings. The summed E-state index contributed by atoms with van der Waals surface area (Å²) in [5, 5.41) is 0.843. The van der Waals surface area contributed by atoms with Crippen molar-refractivity contribution in [1.82, 2.24) is 4.90 Å². The molecule has 0 bridgehead atoms. The van der Waals surface area contributed by atoms with Crippen molar-refractivity contribution in [3.63, 3.8) is 0 Å². The second-order valence-corrected chi connectivity index (χ2v) is 6.25. The summed E-state index contributed by atoms with van der Waals surface area (Å²) in [7, 11) is 0. The zero-order chi connectivity index (χ0) is 13.1. The van der Waals surface area contributed by atoms with Gasteiger partial charge in [0.25, 0.3) is 0 Å². The lowest BCUT2D eigenvalue weighted by molar-refractivity contribution is 0.231. The highest BCUT2D eigenvalue weighted by atomic mass is 79.9. The molecule has 100 valence electrons. The third-order valence-electron chi connectivity index (χ3n) is 3.72. The van der Waals surface area contributed by atoms with E-state index in [-0.39, 0.29) is 0 Å². The first-order chi connectivity index (χ1) is 8.67. The van der Waals surface area contributed by atoms with Crippen LogP contribution in [0, 0.1) is 5.92 Å². The van der Waals surface area contributed by atoms with Crippen LogP contribution >= 0.6 is 27.5 Å². The molecular formula is C14H20BrClN2. The number of hydrogen-bond acceptors (Lipinski definition) is 2. The lowest BCUT2D eigenvalue weighted by Crippen LogP contribution is -2.29. The van der Waals surface area contributed by atoms with Crippen molar-refractivity contribution in [2.24, 2.45) is 11.7 Å². The molecule has 2 N–H and O–H groups in total. The van der Waals surface area contributed by atoms with E-state index < -0.39 is 0 Å². The maximum absolute atomic E-state index is 6.40. The molecule has 0 aromatic heterocycles. The molecule has 1 heterocycles. The van der Waals surface area contributed by atoms with Gasteiger partial charge in [0.2, 0.25) is 0 Å². The first-order valence-electron chi connectivity index (χ1n) is 6.56. The summed E-state index contributed by atoms with van der Waals surface area (Å²) in [6, 6.07) is 6.56. The predicted molar refractivity (Wildman–Crippen MR) is 80.9 cm³/mol. The van der Waals surface area contributed by atoms with E-state index in [0.717, 1.165) is 29.1 Å². The quantitative estimate of drug-likeness (QED) is 0.908. The Kier molecular flexibility index (Phi) is 5.07. The van der Waals surface area contributed by atoms with Crippen molar-refractivity contribution in [3.8, 4) is 0 Å². The second kappa shape index (κ2) is 6.38. The van der Waals surface area contributed by atoms with Gasteiger partial charge in [-0.25, -0.2) is 0 Å². The second-order valence-electron chi connectivity index (χ2n) is 4.93. The molecule has 4 heteroatoms. The van der Waals surface area contributed by atoms with Crippen LogP contribution in [0.15, 0.2) is 22.7 Å². The Labute approximate surface area is 123 Å². The molecule has 1 saturated heterocycles. The smallest absolute Gasteiger partial charge is 0.0465 e. The van der Waals surface area contributed by atoms with E-state index in [2.05, 4.69) is 39.9 Å². The van der Waals surface area contributed by atoms with Gasteiger partial charge in [0, 0.05) is 15.5 Å². The minimum atomic E-state index is 0.385. The van der Waals surface area contributed by atoms with Gasteiger partial charge in [-0.2, -0.15) is 0 Å². The fraction of sp³-hybridized carbons (Fsp3) is 0.571. The lowest BCUT2D eigenvalue weighted by Gasteiger charge is -2.28. The first-order valence-corrected chi connectivity index (χ1v) is 7.73. The van der Waals surface area contributed by atoms with Crippen molar-refractivity contribution in [3.05, 3.63) is 33.3 Å². The zero-order valence-corrected chi connectivity index (χ0v) is 13.0. The van der Waals surface area contributed by atoms with Crippen LogP contribution in [-0.2, 0) is 0 Å². The average Bonchev–Trinajstić information content (AvgIpc) is 2.73. The van der Waals surface area contributed by atoms with Gasteiger partial charge in [0.1, 0.15) is 0 Å². The van der Waals surface area contributed by atoms with E-state index in [4.69, 9.17) is 17.3 Å². The molecule has 0 amide bonds. The normalized spacial score (nSPS) is 24.7. The molecule has 1 aromatic rings. The monoisotopic (exact) mass is 330 g/mol. The zero-order valence-electron chi connectivity index (χ0n) is 10.7. The highest BCUT2D eigenvalue weighted by molar-refractivity contribution is 9.10. The van der Waals surface area contributed by atoms with E-state index in [1.165, 1.54) is 18.4 Å². The number of nitrogens with zero attached hydrogens (tertiary/aromatic N) is 1. The number of likely N-dealkylation sites (tertiary alicyclic amines) is 1. The molecule has 2 rings (SSSR count). The summed E-state index contributed by atoms with van der Waals surface area (Å²) in [6.07, 6.45) is 2.34. The Hall–Kier alpha value is -0.0900. The van der Waals surface area contributed by atoms with E-state index in [1.54, 1.807) is 0 Å². The Morgan fingerprint density at radius 3 is 2.89 bits per heavy atom. The van der Waals surface area contributed by atoms with Crippen LogP contribution in [0.4, 0.5) is 0 Å². The Balaban J connectivity index is 2.31. The fourth-order valence-corrected chi connectivity index (χ4v) is 3.69. The van der Waals surface area contributed by atoms with Crippen molar-refractivity contribution in [2.45, 2.75) is 25.8 Å². The van der Waals surface area contributed by atoms with Gasteiger partial charge in [-0.15, -0.1) is 0 Å². The van der Waals surface area contributed by atoms with Crippen LogP contribution in [0.2, 0.25) is 5.02 Å². The fourth-order valence-electron chi connectivity index (χ4n) is 2.90. The predicted octanol–water partition coefficient (Wildman–Crippen LogP) is 3.83. The highest BCUT2D eigenvalue weighted by Crippen LogP contribution is 2.40. The number of hydrogen-bond donors (Lipinski definition) is 1. The van der Waals surface area contributed by atoms with Crippen LogP contribution in [0.5, 0.6) is 0 Å². The van der Waals surface area contributed by atoms with E-state index >= 15 is 0 Å². The summed E-state index contributed by atoms with van der Waals surface area (Å²) in [6.45, 7) is 5.20. The average molecular weight is 332 g/mol. The van der Waals surface area contributed by atoms with Crippen LogP contribution in [-0.4, -0.2) is 24.5 Å². The van der Waals surface area contributed by atoms with Crippen LogP contribution in [0.1, 0.15) is 31.4 Å². The molecule has 0 aliphatic carbocycles. The largest absolute Gasteiger partial charge is 0.330 e. The molecule has 2 unspecified atom stereocenters. The van der Waals surface area contributed by atoms with Crippen LogP contribution in [0.3, 0.4) is 0 Å². The lowest BCUT2D eigenvalue weighted by atomic mass is 9.93. The van der Waals surface area contributed by atoms with Crippen molar-refractivity contribution < 1.29 is 0 Å². The van der Waals surface area contributed by atoms with Gasteiger partial charge < -0.3 is 5.73 Å². The number of halogens is 2. The topological polar surface area (TPSA) is 29.3 Å². The summed E-state index contributed by atoms with van der Waals surface area (Å²) >= 11 is 9.86. The standard InChI is InChI=1S/C14H20BrClN2/c1-2-6-18-7-5-10(9-17)14(18)12-4-3-11(15)8-13(12)16/h3-4,8,10,14H,2,5-7,9,17H2,1H3. The molecule has 18 heavy (non-hydrogen) atoms. The van der Waals surface area contributed by atoms with E-state index in [9.17, 15) is 0 Å². The Bertz CT molecular complexity index is 411. The number of benzene rings is 1. The summed E-state index contributed by atoms with van der Waals surface area (Å²) in [4.78, 5) is 2.52. The van der Waals surface area contributed by atoms with Crippen molar-refractivity contribution in [1.29, 1.82) is 0 Å².